The summed E-state index contributed by atoms with van der Waals surface area (Å²) in [6.07, 6.45) is 3.86. The van der Waals surface area contributed by atoms with E-state index < -0.39 is 0 Å². The number of nitrogens with one attached hydrogen (secondary N) is 1. The van der Waals surface area contributed by atoms with Gasteiger partial charge in [-0.15, -0.1) is 0 Å². The molecule has 1 saturated heterocycles. The van der Waals surface area contributed by atoms with Gasteiger partial charge in [0.05, 0.1) is 0 Å². The third-order valence-corrected chi connectivity index (χ3v) is 4.69. The number of benzene rings is 1. The Morgan fingerprint density at radius 3 is 2.57 bits per heavy atom. The zero-order valence-corrected chi connectivity index (χ0v) is 14.2. The molecule has 0 radical (unpaired) electrons. The van der Waals surface area contributed by atoms with E-state index in [9.17, 15) is 0 Å². The van der Waals surface area contributed by atoms with Gasteiger partial charge < -0.3 is 5.32 Å². The van der Waals surface area contributed by atoms with Gasteiger partial charge in [0.2, 0.25) is 0 Å². The second kappa shape index (κ2) is 7.95. The first-order valence-corrected chi connectivity index (χ1v) is 8.60. The Morgan fingerprint density at radius 2 is 1.86 bits per heavy atom. The minimum atomic E-state index is 0.570. The molecule has 0 saturated carbocycles. The largest absolute Gasteiger partial charge is 0.314 e. The predicted octanol–water partition coefficient (Wildman–Crippen LogP) is 3.85. The number of hydrogen-bond donors (Lipinski definition) is 1. The van der Waals surface area contributed by atoms with Crippen LogP contribution in [0.15, 0.2) is 24.3 Å². The minimum absolute atomic E-state index is 0.570. The molecular formula is C19H32N2. The molecule has 2 rings (SSSR count). The molecule has 1 N–H and O–H groups in total. The minimum Gasteiger partial charge on any atom is -0.314 e. The summed E-state index contributed by atoms with van der Waals surface area (Å²) in [6, 6.07) is 10.3. The van der Waals surface area contributed by atoms with Gasteiger partial charge in [0.15, 0.2) is 0 Å². The van der Waals surface area contributed by atoms with Crippen molar-refractivity contribution in [1.29, 1.82) is 0 Å². The van der Waals surface area contributed by atoms with E-state index in [2.05, 4.69) is 62.2 Å². The predicted molar refractivity (Wildman–Crippen MR) is 91.6 cm³/mol. The molecule has 0 aliphatic carbocycles. The van der Waals surface area contributed by atoms with Gasteiger partial charge in [0, 0.05) is 25.2 Å². The van der Waals surface area contributed by atoms with Crippen molar-refractivity contribution < 1.29 is 0 Å². The third-order valence-electron chi connectivity index (χ3n) is 4.69. The molecule has 1 aliphatic rings. The Labute approximate surface area is 130 Å². The van der Waals surface area contributed by atoms with Crippen LogP contribution in [0.1, 0.15) is 51.7 Å². The fourth-order valence-corrected chi connectivity index (χ4v) is 3.27. The lowest BCUT2D eigenvalue weighted by Crippen LogP contribution is -2.40. The van der Waals surface area contributed by atoms with Crippen LogP contribution in [-0.2, 0) is 13.0 Å². The molecule has 0 spiro atoms. The summed E-state index contributed by atoms with van der Waals surface area (Å²) >= 11 is 0. The Kier molecular flexibility index (Phi) is 6.25. The zero-order valence-electron chi connectivity index (χ0n) is 14.2. The maximum absolute atomic E-state index is 3.53. The van der Waals surface area contributed by atoms with Crippen LogP contribution in [0.25, 0.3) is 0 Å². The van der Waals surface area contributed by atoms with Crippen molar-refractivity contribution in [2.45, 2.75) is 65.6 Å². The maximum Gasteiger partial charge on any atom is 0.0239 e. The van der Waals surface area contributed by atoms with E-state index in [-0.39, 0.29) is 0 Å². The van der Waals surface area contributed by atoms with Crippen LogP contribution in [0.2, 0.25) is 0 Å². The molecule has 1 heterocycles. The number of rotatable bonds is 6. The average Bonchev–Trinajstić information content (AvgIpc) is 2.44. The van der Waals surface area contributed by atoms with Crippen molar-refractivity contribution in [2.75, 3.05) is 13.1 Å². The van der Waals surface area contributed by atoms with E-state index >= 15 is 0 Å². The van der Waals surface area contributed by atoms with E-state index in [1.165, 1.54) is 30.5 Å². The van der Waals surface area contributed by atoms with Gasteiger partial charge in [0.1, 0.15) is 0 Å². The normalized spacial score (nSPS) is 23.7. The van der Waals surface area contributed by atoms with Crippen molar-refractivity contribution in [1.82, 2.24) is 10.2 Å². The van der Waals surface area contributed by atoms with E-state index in [1.54, 1.807) is 0 Å². The van der Waals surface area contributed by atoms with E-state index in [4.69, 9.17) is 0 Å². The highest BCUT2D eigenvalue weighted by Gasteiger charge is 2.23. The molecule has 1 fully saturated rings. The Balaban J connectivity index is 1.98. The quantitative estimate of drug-likeness (QED) is 0.855. The van der Waals surface area contributed by atoms with Gasteiger partial charge in [-0.2, -0.15) is 0 Å². The maximum atomic E-state index is 3.53. The summed E-state index contributed by atoms with van der Waals surface area (Å²) < 4.78 is 0. The lowest BCUT2D eigenvalue weighted by molar-refractivity contribution is 0.117. The molecule has 2 atom stereocenters. The first-order valence-electron chi connectivity index (χ1n) is 8.60. The van der Waals surface area contributed by atoms with Gasteiger partial charge in [-0.25, -0.2) is 0 Å². The second-order valence-electron chi connectivity index (χ2n) is 7.09. The molecular weight excluding hydrogens is 256 g/mol. The monoisotopic (exact) mass is 288 g/mol. The van der Waals surface area contributed by atoms with Crippen molar-refractivity contribution in [3.8, 4) is 0 Å². The molecule has 1 aliphatic heterocycles. The molecule has 1 aromatic rings. The molecule has 0 aromatic heterocycles. The SMILES string of the molecule is CC1CCC(C)N(Cc2ccccc2CCNC(C)C)C1. The van der Waals surface area contributed by atoms with Crippen LogP contribution in [0.3, 0.4) is 0 Å². The smallest absolute Gasteiger partial charge is 0.0239 e. The van der Waals surface area contributed by atoms with Crippen LogP contribution in [0, 0.1) is 5.92 Å². The summed E-state index contributed by atoms with van der Waals surface area (Å²) in [5, 5.41) is 3.53. The lowest BCUT2D eigenvalue weighted by atomic mass is 9.94. The number of likely N-dealkylation sites (tertiary alicyclic amines) is 1. The third kappa shape index (κ3) is 5.12. The summed E-state index contributed by atoms with van der Waals surface area (Å²) in [6.45, 7) is 12.6. The number of nitrogens with zero attached hydrogens (tertiary/aromatic N) is 1. The van der Waals surface area contributed by atoms with Crippen LogP contribution in [0.5, 0.6) is 0 Å². The fraction of sp³-hybridized carbons (Fsp3) is 0.684. The first-order chi connectivity index (χ1) is 10.1. The first kappa shape index (κ1) is 16.5. The van der Waals surface area contributed by atoms with Crippen molar-refractivity contribution >= 4 is 0 Å². The number of hydrogen-bond acceptors (Lipinski definition) is 2. The van der Waals surface area contributed by atoms with Gasteiger partial charge in [-0.1, -0.05) is 45.0 Å². The Bertz CT molecular complexity index is 427. The molecule has 1 aromatic carbocycles. The van der Waals surface area contributed by atoms with Crippen molar-refractivity contribution in [2.24, 2.45) is 5.92 Å². The summed E-state index contributed by atoms with van der Waals surface area (Å²) in [7, 11) is 0. The van der Waals surface area contributed by atoms with Gasteiger partial charge in [-0.05, 0) is 49.8 Å². The fourth-order valence-electron chi connectivity index (χ4n) is 3.27. The molecule has 2 nitrogen and oxygen atoms in total. The second-order valence-corrected chi connectivity index (χ2v) is 7.09. The van der Waals surface area contributed by atoms with Gasteiger partial charge in [-0.3, -0.25) is 4.90 Å². The zero-order chi connectivity index (χ0) is 15.2. The average molecular weight is 288 g/mol. The van der Waals surface area contributed by atoms with Crippen molar-refractivity contribution in [3.05, 3.63) is 35.4 Å². The number of piperidine rings is 1. The van der Waals surface area contributed by atoms with Crippen LogP contribution >= 0.6 is 0 Å². The molecule has 2 heteroatoms. The van der Waals surface area contributed by atoms with E-state index in [1.807, 2.05) is 0 Å². The Hall–Kier alpha value is -0.860. The summed E-state index contributed by atoms with van der Waals surface area (Å²) in [5.41, 5.74) is 3.03. The van der Waals surface area contributed by atoms with Crippen LogP contribution < -0.4 is 5.32 Å². The van der Waals surface area contributed by atoms with E-state index in [0.29, 0.717) is 6.04 Å². The lowest BCUT2D eigenvalue weighted by Gasteiger charge is -2.37. The highest BCUT2D eigenvalue weighted by atomic mass is 15.2. The highest BCUT2D eigenvalue weighted by Crippen LogP contribution is 2.24. The van der Waals surface area contributed by atoms with Gasteiger partial charge >= 0.3 is 0 Å². The molecule has 21 heavy (non-hydrogen) atoms. The standard InChI is InChI=1S/C19H32N2/c1-15(2)20-12-11-18-7-5-6-8-19(18)14-21-13-16(3)9-10-17(21)4/h5-8,15-17,20H,9-14H2,1-4H3. The highest BCUT2D eigenvalue weighted by molar-refractivity contribution is 5.27. The molecule has 118 valence electrons. The molecule has 2 unspecified atom stereocenters. The molecule has 0 amide bonds. The Morgan fingerprint density at radius 1 is 1.14 bits per heavy atom. The summed E-state index contributed by atoms with van der Waals surface area (Å²) in [4.78, 5) is 2.67. The molecule has 0 bridgehead atoms. The van der Waals surface area contributed by atoms with Crippen LogP contribution in [-0.4, -0.2) is 30.1 Å². The van der Waals surface area contributed by atoms with E-state index in [0.717, 1.165) is 31.5 Å². The summed E-state index contributed by atoms with van der Waals surface area (Å²) in [5.74, 6) is 0.843. The van der Waals surface area contributed by atoms with Crippen molar-refractivity contribution in [3.63, 3.8) is 0 Å². The topological polar surface area (TPSA) is 15.3 Å². The van der Waals surface area contributed by atoms with Gasteiger partial charge in [0.25, 0.3) is 0 Å². The van der Waals surface area contributed by atoms with Crippen LogP contribution in [0.4, 0.5) is 0 Å².